The molecule has 3 aromatic heterocycles. The summed E-state index contributed by atoms with van der Waals surface area (Å²) in [6, 6.07) is 10.2. The van der Waals surface area contributed by atoms with Crippen molar-refractivity contribution in [3.63, 3.8) is 0 Å². The SMILES string of the molecule is Nc1c(Br)c(C2CCN(C(=O)CO)CC2)nc2c(-c3ccc(-c4ccccc4F)nc3)cnn12. The number of amides is 1. The third kappa shape index (κ3) is 3.92. The minimum atomic E-state index is -0.478. The van der Waals surface area contributed by atoms with Gasteiger partial charge in [-0.3, -0.25) is 9.78 Å². The lowest BCUT2D eigenvalue weighted by Crippen LogP contribution is -2.39. The first-order chi connectivity index (χ1) is 16.5. The second-order valence-electron chi connectivity index (χ2n) is 8.22. The summed E-state index contributed by atoms with van der Waals surface area (Å²) < 4.78 is 16.4. The van der Waals surface area contributed by atoms with E-state index in [1.54, 1.807) is 46.1 Å². The molecule has 1 amide bonds. The number of carbonyl (C=O) groups excluding carboxylic acids is 1. The van der Waals surface area contributed by atoms with Crippen LogP contribution in [0.2, 0.25) is 0 Å². The van der Waals surface area contributed by atoms with Crippen molar-refractivity contribution in [3.05, 3.63) is 64.8 Å². The number of rotatable bonds is 4. The number of hydrogen-bond donors (Lipinski definition) is 2. The number of carbonyl (C=O) groups is 1. The van der Waals surface area contributed by atoms with Gasteiger partial charge in [-0.1, -0.05) is 18.2 Å². The molecule has 0 spiro atoms. The van der Waals surface area contributed by atoms with E-state index in [-0.39, 0.29) is 17.6 Å². The van der Waals surface area contributed by atoms with Gasteiger partial charge in [0.15, 0.2) is 5.65 Å². The van der Waals surface area contributed by atoms with E-state index in [9.17, 15) is 9.18 Å². The highest BCUT2D eigenvalue weighted by Gasteiger charge is 2.28. The van der Waals surface area contributed by atoms with E-state index >= 15 is 0 Å². The molecule has 1 aliphatic heterocycles. The molecule has 0 unspecified atom stereocenters. The minimum Gasteiger partial charge on any atom is -0.387 e. The van der Waals surface area contributed by atoms with Crippen LogP contribution in [0.4, 0.5) is 10.2 Å². The molecule has 1 fully saturated rings. The van der Waals surface area contributed by atoms with Crippen LogP contribution >= 0.6 is 15.9 Å². The monoisotopic (exact) mass is 524 g/mol. The number of pyridine rings is 1. The normalized spacial score (nSPS) is 14.6. The Hall–Kier alpha value is -3.37. The average Bonchev–Trinajstić information content (AvgIpc) is 3.30. The first-order valence-electron chi connectivity index (χ1n) is 10.9. The Morgan fingerprint density at radius 3 is 2.59 bits per heavy atom. The molecule has 1 saturated heterocycles. The Kier molecular flexibility index (Phi) is 6.01. The van der Waals surface area contributed by atoms with Gasteiger partial charge in [0, 0.05) is 41.9 Å². The van der Waals surface area contributed by atoms with Crippen LogP contribution in [0.5, 0.6) is 0 Å². The van der Waals surface area contributed by atoms with Gasteiger partial charge in [-0.2, -0.15) is 9.61 Å². The molecule has 0 atom stereocenters. The van der Waals surface area contributed by atoms with E-state index in [0.29, 0.717) is 40.3 Å². The van der Waals surface area contributed by atoms with Crippen LogP contribution in [0.3, 0.4) is 0 Å². The summed E-state index contributed by atoms with van der Waals surface area (Å²) in [4.78, 5) is 22.8. The summed E-state index contributed by atoms with van der Waals surface area (Å²) in [5.41, 5.74) is 10.3. The molecule has 174 valence electrons. The number of nitrogens with zero attached hydrogens (tertiary/aromatic N) is 5. The zero-order chi connectivity index (χ0) is 23.8. The number of fused-ring (bicyclic) bond motifs is 1. The largest absolute Gasteiger partial charge is 0.387 e. The quantitative estimate of drug-likeness (QED) is 0.421. The third-order valence-corrected chi connectivity index (χ3v) is 7.05. The van der Waals surface area contributed by atoms with Crippen LogP contribution in [0.1, 0.15) is 24.5 Å². The van der Waals surface area contributed by atoms with Gasteiger partial charge in [-0.05, 0) is 47.0 Å². The molecule has 0 radical (unpaired) electrons. The van der Waals surface area contributed by atoms with Crippen LogP contribution in [0.15, 0.2) is 53.3 Å². The van der Waals surface area contributed by atoms with Crippen molar-refractivity contribution in [1.82, 2.24) is 24.5 Å². The highest BCUT2D eigenvalue weighted by atomic mass is 79.9. The maximum absolute atomic E-state index is 14.1. The molecule has 10 heteroatoms. The van der Waals surface area contributed by atoms with Crippen molar-refractivity contribution in [3.8, 4) is 22.4 Å². The van der Waals surface area contributed by atoms with Crippen molar-refractivity contribution in [2.24, 2.45) is 0 Å². The summed E-state index contributed by atoms with van der Waals surface area (Å²) in [6.07, 6.45) is 4.80. The van der Waals surface area contributed by atoms with Crippen molar-refractivity contribution >= 4 is 33.3 Å². The number of halogens is 2. The number of likely N-dealkylation sites (tertiary alicyclic amines) is 1. The van der Waals surface area contributed by atoms with Crippen LogP contribution in [0, 0.1) is 5.82 Å². The first kappa shape index (κ1) is 22.4. The van der Waals surface area contributed by atoms with Gasteiger partial charge in [-0.25, -0.2) is 9.37 Å². The van der Waals surface area contributed by atoms with Crippen LogP contribution < -0.4 is 5.73 Å². The average molecular weight is 525 g/mol. The van der Waals surface area contributed by atoms with E-state index in [4.69, 9.17) is 15.8 Å². The first-order valence-corrected chi connectivity index (χ1v) is 11.7. The van der Waals surface area contributed by atoms with Crippen LogP contribution in [-0.4, -0.2) is 55.2 Å². The van der Waals surface area contributed by atoms with Gasteiger partial charge < -0.3 is 15.7 Å². The zero-order valence-corrected chi connectivity index (χ0v) is 19.7. The summed E-state index contributed by atoms with van der Waals surface area (Å²) in [5.74, 6) is -0.0379. The summed E-state index contributed by atoms with van der Waals surface area (Å²) >= 11 is 3.59. The molecule has 5 rings (SSSR count). The van der Waals surface area contributed by atoms with E-state index in [1.807, 2.05) is 6.07 Å². The fourth-order valence-corrected chi connectivity index (χ4v) is 4.95. The number of aromatic nitrogens is 4. The molecular weight excluding hydrogens is 503 g/mol. The van der Waals surface area contributed by atoms with E-state index in [1.165, 1.54) is 6.07 Å². The Balaban J connectivity index is 1.49. The molecule has 3 N–H and O–H groups in total. The maximum atomic E-state index is 14.1. The summed E-state index contributed by atoms with van der Waals surface area (Å²) in [6.45, 7) is 0.627. The standard InChI is InChI=1S/C24H22BrFN6O2/c25-21-22(14-7-9-31(10-8-14)20(34)13-33)30-24-17(12-29-32(24)23(21)27)15-5-6-19(28-11-15)16-3-1-2-4-18(16)26/h1-6,11-12,14,33H,7-10,13,27H2. The molecule has 34 heavy (non-hydrogen) atoms. The summed E-state index contributed by atoms with van der Waals surface area (Å²) in [5, 5.41) is 13.5. The van der Waals surface area contributed by atoms with Gasteiger partial charge in [0.05, 0.1) is 22.1 Å². The van der Waals surface area contributed by atoms with Gasteiger partial charge in [0.1, 0.15) is 18.2 Å². The van der Waals surface area contributed by atoms with Gasteiger partial charge >= 0.3 is 0 Å². The molecule has 1 aliphatic rings. The molecule has 8 nitrogen and oxygen atoms in total. The molecule has 0 saturated carbocycles. The molecular formula is C24H22BrFN6O2. The Morgan fingerprint density at radius 2 is 1.91 bits per heavy atom. The predicted molar refractivity (Wildman–Crippen MR) is 129 cm³/mol. The maximum Gasteiger partial charge on any atom is 0.248 e. The number of aliphatic hydroxyl groups is 1. The molecule has 1 aromatic carbocycles. The second-order valence-corrected chi connectivity index (χ2v) is 9.01. The van der Waals surface area contributed by atoms with Crippen LogP contribution in [-0.2, 0) is 4.79 Å². The number of nitrogens with two attached hydrogens (primary N) is 1. The number of nitrogen functional groups attached to an aromatic ring is 1. The Labute approximate surface area is 203 Å². The molecule has 4 aromatic rings. The second kappa shape index (κ2) is 9.11. The van der Waals surface area contributed by atoms with E-state index in [0.717, 1.165) is 29.7 Å². The number of benzene rings is 1. The highest BCUT2D eigenvalue weighted by Crippen LogP contribution is 2.37. The fraction of sp³-hybridized carbons (Fsp3) is 0.250. The fourth-order valence-electron chi connectivity index (χ4n) is 4.37. The smallest absolute Gasteiger partial charge is 0.248 e. The minimum absolute atomic E-state index is 0.105. The lowest BCUT2D eigenvalue weighted by atomic mass is 9.93. The van der Waals surface area contributed by atoms with Crippen molar-refractivity contribution < 1.29 is 14.3 Å². The van der Waals surface area contributed by atoms with Gasteiger partial charge in [0.2, 0.25) is 5.91 Å². The van der Waals surface area contributed by atoms with Crippen LogP contribution in [0.25, 0.3) is 28.0 Å². The Bertz CT molecular complexity index is 1370. The van der Waals surface area contributed by atoms with Gasteiger partial charge in [0.25, 0.3) is 0 Å². The van der Waals surface area contributed by atoms with E-state index in [2.05, 4.69) is 26.0 Å². The molecule has 0 aliphatic carbocycles. The van der Waals surface area contributed by atoms with Crippen molar-refractivity contribution in [2.45, 2.75) is 18.8 Å². The zero-order valence-electron chi connectivity index (χ0n) is 18.2. The van der Waals surface area contributed by atoms with Crippen molar-refractivity contribution in [2.75, 3.05) is 25.4 Å². The number of hydrogen-bond acceptors (Lipinski definition) is 6. The lowest BCUT2D eigenvalue weighted by Gasteiger charge is -2.31. The number of anilines is 1. The topological polar surface area (TPSA) is 110 Å². The Morgan fingerprint density at radius 1 is 1.15 bits per heavy atom. The number of aliphatic hydroxyl groups excluding tert-OH is 1. The van der Waals surface area contributed by atoms with E-state index < -0.39 is 6.61 Å². The third-order valence-electron chi connectivity index (χ3n) is 6.24. The van der Waals surface area contributed by atoms with Crippen molar-refractivity contribution in [1.29, 1.82) is 0 Å². The molecule has 4 heterocycles. The molecule has 0 bridgehead atoms. The summed E-state index contributed by atoms with van der Waals surface area (Å²) in [7, 11) is 0. The predicted octanol–water partition coefficient (Wildman–Crippen LogP) is 3.64. The highest BCUT2D eigenvalue weighted by molar-refractivity contribution is 9.10. The lowest BCUT2D eigenvalue weighted by molar-refractivity contribution is -0.135. The number of piperidine rings is 1. The van der Waals surface area contributed by atoms with Gasteiger partial charge in [-0.15, -0.1) is 0 Å².